The molecule has 0 radical (unpaired) electrons. The number of nitrogens with one attached hydrogen (secondary N) is 1. The number of hydrogen-bond donors (Lipinski definition) is 1. The molecule has 0 bridgehead atoms. The average Bonchev–Trinajstić information content (AvgIpc) is 3.36. The second-order valence-electron chi connectivity index (χ2n) is 7.74. The predicted molar refractivity (Wildman–Crippen MR) is 103 cm³/mol. The minimum absolute atomic E-state index is 0.0565. The molecule has 5 nitrogen and oxygen atoms in total. The van der Waals surface area contributed by atoms with Gasteiger partial charge in [0.25, 0.3) is 0 Å². The van der Waals surface area contributed by atoms with Crippen LogP contribution in [0.5, 0.6) is 0 Å². The molecule has 0 aliphatic heterocycles. The molecule has 7 heteroatoms. The standard InChI is InChI=1S/C19H26N2O3S2/c1-13-6-8-15(9-7-13)21-26(22,23)18-11-10-17(25-18)16-12-20-19(24-16)14-4-2-3-5-14/h10-15,21H,2-9H2,1H3. The summed E-state index contributed by atoms with van der Waals surface area (Å²) in [5.41, 5.74) is 0. The van der Waals surface area contributed by atoms with Gasteiger partial charge in [-0.3, -0.25) is 0 Å². The lowest BCUT2D eigenvalue weighted by atomic mass is 9.88. The maximum absolute atomic E-state index is 12.7. The summed E-state index contributed by atoms with van der Waals surface area (Å²) in [5.74, 6) is 2.58. The maximum atomic E-state index is 12.7. The summed E-state index contributed by atoms with van der Waals surface area (Å²) in [7, 11) is -3.47. The van der Waals surface area contributed by atoms with E-state index in [1.807, 2.05) is 6.07 Å². The zero-order chi connectivity index (χ0) is 18.1. The van der Waals surface area contributed by atoms with Crippen molar-refractivity contribution >= 4 is 21.4 Å². The Kier molecular flexibility index (Phi) is 5.21. The minimum atomic E-state index is -3.47. The Labute approximate surface area is 159 Å². The fourth-order valence-corrected chi connectivity index (χ4v) is 6.59. The highest BCUT2D eigenvalue weighted by atomic mass is 32.2. The molecule has 0 spiro atoms. The van der Waals surface area contributed by atoms with E-state index < -0.39 is 10.0 Å². The molecule has 0 aromatic carbocycles. The Hall–Kier alpha value is -1.18. The smallest absolute Gasteiger partial charge is 0.250 e. The highest BCUT2D eigenvalue weighted by Gasteiger charge is 2.26. The molecule has 0 amide bonds. The summed E-state index contributed by atoms with van der Waals surface area (Å²) in [6.07, 6.45) is 10.5. The molecule has 142 valence electrons. The van der Waals surface area contributed by atoms with Crippen LogP contribution < -0.4 is 4.72 Å². The summed E-state index contributed by atoms with van der Waals surface area (Å²) in [6.45, 7) is 2.23. The number of nitrogens with zero attached hydrogens (tertiary/aromatic N) is 1. The van der Waals surface area contributed by atoms with Gasteiger partial charge in [-0.15, -0.1) is 11.3 Å². The van der Waals surface area contributed by atoms with Crippen molar-refractivity contribution in [3.05, 3.63) is 24.2 Å². The van der Waals surface area contributed by atoms with Gasteiger partial charge in [0.1, 0.15) is 4.21 Å². The van der Waals surface area contributed by atoms with Crippen LogP contribution in [0.3, 0.4) is 0 Å². The van der Waals surface area contributed by atoms with Gasteiger partial charge in [0.15, 0.2) is 11.7 Å². The molecule has 2 aromatic heterocycles. The van der Waals surface area contributed by atoms with Gasteiger partial charge in [-0.25, -0.2) is 18.1 Å². The predicted octanol–water partition coefficient (Wildman–Crippen LogP) is 4.92. The molecular weight excluding hydrogens is 368 g/mol. The Bertz CT molecular complexity index is 842. The summed E-state index contributed by atoms with van der Waals surface area (Å²) >= 11 is 1.25. The molecule has 2 aliphatic rings. The summed E-state index contributed by atoms with van der Waals surface area (Å²) in [6, 6.07) is 3.55. The highest BCUT2D eigenvalue weighted by Crippen LogP contribution is 2.37. The fraction of sp³-hybridized carbons (Fsp3) is 0.632. The van der Waals surface area contributed by atoms with Crippen LogP contribution in [-0.2, 0) is 10.0 Å². The monoisotopic (exact) mass is 394 g/mol. The maximum Gasteiger partial charge on any atom is 0.250 e. The van der Waals surface area contributed by atoms with Gasteiger partial charge in [0, 0.05) is 12.0 Å². The van der Waals surface area contributed by atoms with Crippen molar-refractivity contribution in [3.63, 3.8) is 0 Å². The van der Waals surface area contributed by atoms with E-state index in [-0.39, 0.29) is 6.04 Å². The lowest BCUT2D eigenvalue weighted by Gasteiger charge is -2.26. The Morgan fingerprint density at radius 3 is 2.58 bits per heavy atom. The van der Waals surface area contributed by atoms with Crippen LogP contribution in [0, 0.1) is 5.92 Å². The first-order chi connectivity index (χ1) is 12.5. The Morgan fingerprint density at radius 1 is 1.12 bits per heavy atom. The van der Waals surface area contributed by atoms with Crippen LogP contribution in [0.2, 0.25) is 0 Å². The van der Waals surface area contributed by atoms with E-state index in [0.717, 1.165) is 49.3 Å². The second kappa shape index (κ2) is 7.44. The van der Waals surface area contributed by atoms with Crippen LogP contribution >= 0.6 is 11.3 Å². The normalized spacial score (nSPS) is 25.0. The SMILES string of the molecule is CC1CCC(NS(=O)(=O)c2ccc(-c3cnc(C4CCCC4)o3)s2)CC1. The molecule has 0 unspecified atom stereocenters. The molecular formula is C19H26N2O3S2. The lowest BCUT2D eigenvalue weighted by Crippen LogP contribution is -2.36. The molecule has 2 aromatic rings. The highest BCUT2D eigenvalue weighted by molar-refractivity contribution is 7.91. The third kappa shape index (κ3) is 3.89. The molecule has 2 saturated carbocycles. The van der Waals surface area contributed by atoms with Crippen LogP contribution in [0.25, 0.3) is 10.6 Å². The van der Waals surface area contributed by atoms with Crippen molar-refractivity contribution in [1.82, 2.24) is 9.71 Å². The third-order valence-electron chi connectivity index (χ3n) is 5.65. The van der Waals surface area contributed by atoms with Gasteiger partial charge < -0.3 is 4.42 Å². The zero-order valence-electron chi connectivity index (χ0n) is 15.1. The number of hydrogen-bond acceptors (Lipinski definition) is 5. The molecule has 4 rings (SSSR count). The lowest BCUT2D eigenvalue weighted by molar-refractivity contribution is 0.332. The summed E-state index contributed by atoms with van der Waals surface area (Å²) < 4.78 is 34.5. The van der Waals surface area contributed by atoms with E-state index in [1.165, 1.54) is 24.2 Å². The van der Waals surface area contributed by atoms with Gasteiger partial charge in [-0.2, -0.15) is 0 Å². The van der Waals surface area contributed by atoms with Crippen LogP contribution in [0.4, 0.5) is 0 Å². The first-order valence-electron chi connectivity index (χ1n) is 9.59. The minimum Gasteiger partial charge on any atom is -0.440 e. The molecule has 2 fully saturated rings. The number of thiophene rings is 1. The molecule has 2 aliphatic carbocycles. The fourth-order valence-electron chi connectivity index (χ4n) is 4.02. The van der Waals surface area contributed by atoms with Crippen LogP contribution in [0.15, 0.2) is 27.0 Å². The molecule has 0 atom stereocenters. The van der Waals surface area contributed by atoms with E-state index in [1.54, 1.807) is 12.3 Å². The van der Waals surface area contributed by atoms with Gasteiger partial charge in [-0.1, -0.05) is 19.8 Å². The molecule has 26 heavy (non-hydrogen) atoms. The van der Waals surface area contributed by atoms with E-state index in [0.29, 0.717) is 21.8 Å². The third-order valence-corrected chi connectivity index (χ3v) is 8.77. The molecule has 2 heterocycles. The van der Waals surface area contributed by atoms with E-state index in [4.69, 9.17) is 4.42 Å². The van der Waals surface area contributed by atoms with Gasteiger partial charge >= 0.3 is 0 Å². The quantitative estimate of drug-likeness (QED) is 0.781. The second-order valence-corrected chi connectivity index (χ2v) is 10.8. The first kappa shape index (κ1) is 18.2. The Morgan fingerprint density at radius 2 is 1.85 bits per heavy atom. The van der Waals surface area contributed by atoms with Crippen molar-refractivity contribution in [2.45, 2.75) is 74.5 Å². The topological polar surface area (TPSA) is 72.2 Å². The number of oxazole rings is 1. The van der Waals surface area contributed by atoms with Gasteiger partial charge in [0.2, 0.25) is 10.0 Å². The van der Waals surface area contributed by atoms with E-state index in [2.05, 4.69) is 16.6 Å². The van der Waals surface area contributed by atoms with Crippen molar-refractivity contribution < 1.29 is 12.8 Å². The number of aromatic nitrogens is 1. The van der Waals surface area contributed by atoms with E-state index in [9.17, 15) is 8.42 Å². The number of rotatable bonds is 5. The molecule has 0 saturated heterocycles. The van der Waals surface area contributed by atoms with Gasteiger partial charge in [0.05, 0.1) is 11.1 Å². The van der Waals surface area contributed by atoms with Crippen molar-refractivity contribution in [2.75, 3.05) is 0 Å². The van der Waals surface area contributed by atoms with Crippen molar-refractivity contribution in [2.24, 2.45) is 5.92 Å². The first-order valence-corrected chi connectivity index (χ1v) is 11.9. The van der Waals surface area contributed by atoms with Crippen LogP contribution in [-0.4, -0.2) is 19.4 Å². The largest absolute Gasteiger partial charge is 0.440 e. The summed E-state index contributed by atoms with van der Waals surface area (Å²) in [4.78, 5) is 5.24. The molecule has 1 N–H and O–H groups in total. The zero-order valence-corrected chi connectivity index (χ0v) is 16.7. The van der Waals surface area contributed by atoms with Crippen molar-refractivity contribution in [3.8, 4) is 10.6 Å². The number of sulfonamides is 1. The Balaban J connectivity index is 1.46. The van der Waals surface area contributed by atoms with E-state index >= 15 is 0 Å². The van der Waals surface area contributed by atoms with Gasteiger partial charge in [-0.05, 0) is 56.6 Å². The average molecular weight is 395 g/mol. The summed E-state index contributed by atoms with van der Waals surface area (Å²) in [5, 5.41) is 0. The van der Waals surface area contributed by atoms with Crippen LogP contribution in [0.1, 0.15) is 70.1 Å². The van der Waals surface area contributed by atoms with Crippen molar-refractivity contribution in [1.29, 1.82) is 0 Å².